The van der Waals surface area contributed by atoms with Crippen LogP contribution in [0.2, 0.25) is 0 Å². The lowest BCUT2D eigenvalue weighted by Gasteiger charge is -2.21. The van der Waals surface area contributed by atoms with Crippen molar-refractivity contribution in [3.05, 3.63) is 71.8 Å². The van der Waals surface area contributed by atoms with Crippen molar-refractivity contribution >= 4 is 23.0 Å². The van der Waals surface area contributed by atoms with Crippen molar-refractivity contribution < 1.29 is 9.18 Å². The first-order chi connectivity index (χ1) is 12.2. The molecule has 4 rings (SSSR count). The average Bonchev–Trinajstić information content (AvgIpc) is 3.26. The Kier molecular flexibility index (Phi) is 4.06. The second-order valence-corrected chi connectivity index (χ2v) is 6.22. The Morgan fingerprint density at radius 2 is 2.12 bits per heavy atom. The van der Waals surface area contributed by atoms with Crippen molar-refractivity contribution in [3.8, 4) is 0 Å². The molecule has 1 aliphatic heterocycles. The van der Waals surface area contributed by atoms with Crippen LogP contribution in [0.15, 0.2) is 54.6 Å². The largest absolute Gasteiger partial charge is 0.340 e. The number of hydrogen-bond donors (Lipinski definition) is 1. The number of amides is 1. The Labute approximate surface area is 145 Å². The summed E-state index contributed by atoms with van der Waals surface area (Å²) in [6.07, 6.45) is 5.00. The lowest BCUT2D eigenvalue weighted by molar-refractivity contribution is -0.126. The van der Waals surface area contributed by atoms with Gasteiger partial charge in [0.2, 0.25) is 5.91 Å². The predicted molar refractivity (Wildman–Crippen MR) is 95.2 cm³/mol. The van der Waals surface area contributed by atoms with E-state index in [1.807, 2.05) is 29.2 Å². The first-order valence-electron chi connectivity index (χ1n) is 8.39. The van der Waals surface area contributed by atoms with Gasteiger partial charge in [-0.1, -0.05) is 24.3 Å². The summed E-state index contributed by atoms with van der Waals surface area (Å²) in [4.78, 5) is 22.4. The number of fused-ring (bicyclic) bond motifs is 1. The third-order valence-electron chi connectivity index (χ3n) is 4.53. The van der Waals surface area contributed by atoms with E-state index >= 15 is 0 Å². The van der Waals surface area contributed by atoms with Gasteiger partial charge in [0.05, 0.1) is 17.1 Å². The average molecular weight is 335 g/mol. The van der Waals surface area contributed by atoms with Crippen LogP contribution in [-0.4, -0.2) is 27.3 Å². The number of H-pyrrole nitrogens is 1. The highest BCUT2D eigenvalue weighted by atomic mass is 19.1. The molecule has 1 fully saturated rings. The summed E-state index contributed by atoms with van der Waals surface area (Å²) in [6.45, 7) is 0.702. The Morgan fingerprint density at radius 3 is 2.96 bits per heavy atom. The smallest absolute Gasteiger partial charge is 0.247 e. The number of nitrogens with one attached hydrogen (secondary N) is 1. The molecule has 1 atom stereocenters. The molecule has 2 aromatic carbocycles. The van der Waals surface area contributed by atoms with E-state index in [4.69, 9.17) is 0 Å². The van der Waals surface area contributed by atoms with Crippen LogP contribution < -0.4 is 0 Å². The van der Waals surface area contributed by atoms with E-state index < -0.39 is 0 Å². The lowest BCUT2D eigenvalue weighted by atomic mass is 10.2. The molecular formula is C20H18FN3O. The number of rotatable bonds is 3. The van der Waals surface area contributed by atoms with Crippen LogP contribution in [0, 0.1) is 5.82 Å². The maximum atomic E-state index is 13.2. The molecule has 0 spiro atoms. The van der Waals surface area contributed by atoms with Gasteiger partial charge >= 0.3 is 0 Å². The third-order valence-corrected chi connectivity index (χ3v) is 4.53. The molecule has 1 saturated heterocycles. The Bertz CT molecular complexity index is 914. The predicted octanol–water partition coefficient (Wildman–Crippen LogP) is 4.08. The van der Waals surface area contributed by atoms with Crippen molar-refractivity contribution in [2.45, 2.75) is 18.9 Å². The van der Waals surface area contributed by atoms with E-state index in [2.05, 4.69) is 9.97 Å². The van der Waals surface area contributed by atoms with Gasteiger partial charge in [-0.15, -0.1) is 0 Å². The van der Waals surface area contributed by atoms with E-state index in [1.165, 1.54) is 18.2 Å². The standard InChI is InChI=1S/C20H18FN3O/c21-15-6-3-5-14(13-15)10-11-19(25)24-12-4-9-18(24)20-22-16-7-1-2-8-17(16)23-20/h1-3,5-8,10-11,13,18H,4,9,12H2,(H,22,23)/b11-10+. The van der Waals surface area contributed by atoms with Crippen molar-refractivity contribution in [1.29, 1.82) is 0 Å². The molecule has 1 aliphatic rings. The number of benzene rings is 2. The number of likely N-dealkylation sites (tertiary alicyclic amines) is 1. The highest BCUT2D eigenvalue weighted by Gasteiger charge is 2.30. The van der Waals surface area contributed by atoms with Gasteiger partial charge in [0, 0.05) is 12.6 Å². The minimum Gasteiger partial charge on any atom is -0.340 e. The minimum atomic E-state index is -0.309. The van der Waals surface area contributed by atoms with Crippen LogP contribution in [-0.2, 0) is 4.79 Å². The molecule has 5 heteroatoms. The van der Waals surface area contributed by atoms with Gasteiger partial charge in [-0.25, -0.2) is 9.37 Å². The van der Waals surface area contributed by atoms with E-state index in [0.717, 1.165) is 29.7 Å². The maximum absolute atomic E-state index is 13.2. The molecule has 2 heterocycles. The number of halogens is 1. The molecule has 0 saturated carbocycles. The van der Waals surface area contributed by atoms with Crippen LogP contribution >= 0.6 is 0 Å². The van der Waals surface area contributed by atoms with Crippen molar-refractivity contribution in [2.75, 3.05) is 6.54 Å². The molecule has 3 aromatic rings. The molecule has 1 amide bonds. The fraction of sp³-hybridized carbons (Fsp3) is 0.200. The summed E-state index contributed by atoms with van der Waals surface area (Å²) >= 11 is 0. The lowest BCUT2D eigenvalue weighted by Crippen LogP contribution is -2.29. The van der Waals surface area contributed by atoms with Crippen LogP contribution in [0.5, 0.6) is 0 Å². The molecule has 1 N–H and O–H groups in total. The molecule has 0 bridgehead atoms. The minimum absolute atomic E-state index is 0.0444. The fourth-order valence-corrected chi connectivity index (χ4v) is 3.32. The third kappa shape index (κ3) is 3.18. The number of para-hydroxylation sites is 2. The van der Waals surface area contributed by atoms with Gasteiger partial charge in [0.25, 0.3) is 0 Å². The highest BCUT2D eigenvalue weighted by molar-refractivity contribution is 5.92. The first kappa shape index (κ1) is 15.6. The SMILES string of the molecule is O=C(/C=C/c1cccc(F)c1)N1CCCC1c1nc2ccccc2[nH]1. The van der Waals surface area contributed by atoms with Crippen molar-refractivity contribution in [2.24, 2.45) is 0 Å². The van der Waals surface area contributed by atoms with Gasteiger partial charge in [0.1, 0.15) is 11.6 Å². The summed E-state index contributed by atoms with van der Waals surface area (Å²) in [5.74, 6) is 0.439. The van der Waals surface area contributed by atoms with Gasteiger partial charge in [-0.05, 0) is 48.7 Å². The molecule has 0 aliphatic carbocycles. The number of carbonyl (C=O) groups excluding carboxylic acids is 1. The number of nitrogens with zero attached hydrogens (tertiary/aromatic N) is 2. The quantitative estimate of drug-likeness (QED) is 0.733. The van der Waals surface area contributed by atoms with Gasteiger partial charge in [0.15, 0.2) is 0 Å². The second kappa shape index (κ2) is 6.51. The molecule has 1 aromatic heterocycles. The van der Waals surface area contributed by atoms with Crippen LogP contribution in [0.4, 0.5) is 4.39 Å². The Balaban J connectivity index is 1.55. The second-order valence-electron chi connectivity index (χ2n) is 6.22. The first-order valence-corrected chi connectivity index (χ1v) is 8.39. The molecule has 0 radical (unpaired) electrons. The monoisotopic (exact) mass is 335 g/mol. The normalized spacial score (nSPS) is 17.6. The van der Waals surface area contributed by atoms with Gasteiger partial charge < -0.3 is 9.88 Å². The summed E-state index contributed by atoms with van der Waals surface area (Å²) in [7, 11) is 0. The van der Waals surface area contributed by atoms with E-state index in [9.17, 15) is 9.18 Å². The van der Waals surface area contributed by atoms with Gasteiger partial charge in [-0.2, -0.15) is 0 Å². The molecular weight excluding hydrogens is 317 g/mol. The zero-order chi connectivity index (χ0) is 17.2. The molecule has 4 nitrogen and oxygen atoms in total. The van der Waals surface area contributed by atoms with E-state index in [1.54, 1.807) is 18.2 Å². The summed E-state index contributed by atoms with van der Waals surface area (Å²) < 4.78 is 13.2. The highest BCUT2D eigenvalue weighted by Crippen LogP contribution is 2.31. The number of aromatic nitrogens is 2. The summed E-state index contributed by atoms with van der Waals surface area (Å²) in [5, 5.41) is 0. The van der Waals surface area contributed by atoms with Gasteiger partial charge in [-0.3, -0.25) is 4.79 Å². The fourth-order valence-electron chi connectivity index (χ4n) is 3.32. The summed E-state index contributed by atoms with van der Waals surface area (Å²) in [6, 6.07) is 14.0. The van der Waals surface area contributed by atoms with Crippen LogP contribution in [0.1, 0.15) is 30.3 Å². The zero-order valence-electron chi connectivity index (χ0n) is 13.7. The van der Waals surface area contributed by atoms with E-state index in [-0.39, 0.29) is 17.8 Å². The molecule has 25 heavy (non-hydrogen) atoms. The molecule has 1 unspecified atom stereocenters. The topological polar surface area (TPSA) is 49.0 Å². The van der Waals surface area contributed by atoms with Crippen molar-refractivity contribution in [1.82, 2.24) is 14.9 Å². The van der Waals surface area contributed by atoms with Crippen LogP contribution in [0.25, 0.3) is 17.1 Å². The van der Waals surface area contributed by atoms with Crippen molar-refractivity contribution in [3.63, 3.8) is 0 Å². The summed E-state index contributed by atoms with van der Waals surface area (Å²) in [5.41, 5.74) is 2.56. The maximum Gasteiger partial charge on any atom is 0.247 e. The zero-order valence-corrected chi connectivity index (χ0v) is 13.7. The Morgan fingerprint density at radius 1 is 1.24 bits per heavy atom. The number of aromatic amines is 1. The number of hydrogen-bond acceptors (Lipinski definition) is 2. The Hall–Kier alpha value is -2.95. The number of carbonyl (C=O) groups is 1. The molecule has 126 valence electrons. The van der Waals surface area contributed by atoms with E-state index in [0.29, 0.717) is 12.1 Å². The number of imidazole rings is 1. The van der Waals surface area contributed by atoms with Crippen LogP contribution in [0.3, 0.4) is 0 Å².